The van der Waals surface area contributed by atoms with Gasteiger partial charge in [0.2, 0.25) is 0 Å². The van der Waals surface area contributed by atoms with Crippen molar-refractivity contribution in [1.29, 1.82) is 0 Å². The number of fused-ring (bicyclic) bond motifs is 1. The van der Waals surface area contributed by atoms with Crippen LogP contribution < -0.4 is 0 Å². The number of pyridine rings is 1. The van der Waals surface area contributed by atoms with E-state index in [2.05, 4.69) is 4.98 Å². The fourth-order valence-electron chi connectivity index (χ4n) is 1.65. The summed E-state index contributed by atoms with van der Waals surface area (Å²) in [6.07, 6.45) is 2.95. The highest BCUT2D eigenvalue weighted by Crippen LogP contribution is 2.26. The summed E-state index contributed by atoms with van der Waals surface area (Å²) in [5.41, 5.74) is 1.14. The molecule has 0 saturated heterocycles. The number of aliphatic hydroxyl groups is 1. The minimum Gasteiger partial charge on any atom is -0.387 e. The van der Waals surface area contributed by atoms with E-state index in [1.165, 1.54) is 0 Å². The predicted octanol–water partition coefficient (Wildman–Crippen LogP) is 1.48. The SMILES string of the molecule is O=C1CCC[C@H](O)c2ncccc21. The molecule has 68 valence electrons. The molecule has 0 radical (unpaired) electrons. The molecule has 1 N–H and O–H groups in total. The monoisotopic (exact) mass is 177 g/mol. The molecule has 0 fully saturated rings. The molecule has 2 rings (SSSR count). The molecule has 3 heteroatoms. The van der Waals surface area contributed by atoms with E-state index in [1.807, 2.05) is 0 Å². The second-order valence-electron chi connectivity index (χ2n) is 3.27. The van der Waals surface area contributed by atoms with Gasteiger partial charge in [0.1, 0.15) is 0 Å². The Hall–Kier alpha value is -1.22. The van der Waals surface area contributed by atoms with Crippen molar-refractivity contribution in [2.45, 2.75) is 25.4 Å². The molecule has 1 aromatic rings. The fraction of sp³-hybridized carbons (Fsp3) is 0.400. The number of ketones is 1. The highest BCUT2D eigenvalue weighted by atomic mass is 16.3. The van der Waals surface area contributed by atoms with Gasteiger partial charge in [-0.05, 0) is 25.0 Å². The van der Waals surface area contributed by atoms with Crippen LogP contribution in [0.15, 0.2) is 18.3 Å². The van der Waals surface area contributed by atoms with Crippen LogP contribution in [-0.4, -0.2) is 15.9 Å². The van der Waals surface area contributed by atoms with Gasteiger partial charge in [0, 0.05) is 18.2 Å². The van der Waals surface area contributed by atoms with Gasteiger partial charge >= 0.3 is 0 Å². The molecule has 0 bridgehead atoms. The molecule has 0 aliphatic heterocycles. The smallest absolute Gasteiger partial charge is 0.164 e. The maximum atomic E-state index is 11.5. The summed E-state index contributed by atoms with van der Waals surface area (Å²) in [6, 6.07) is 3.47. The number of nitrogens with zero attached hydrogens (tertiary/aromatic N) is 1. The molecular formula is C10H11NO2. The molecule has 0 spiro atoms. The lowest BCUT2D eigenvalue weighted by Crippen LogP contribution is -2.04. The van der Waals surface area contributed by atoms with Crippen LogP contribution in [0.5, 0.6) is 0 Å². The fourth-order valence-corrected chi connectivity index (χ4v) is 1.65. The largest absolute Gasteiger partial charge is 0.387 e. The average molecular weight is 177 g/mol. The molecule has 1 atom stereocenters. The van der Waals surface area contributed by atoms with Crippen molar-refractivity contribution in [1.82, 2.24) is 4.98 Å². The van der Waals surface area contributed by atoms with Gasteiger partial charge in [-0.1, -0.05) is 0 Å². The Kier molecular flexibility index (Phi) is 2.10. The minimum atomic E-state index is -0.567. The van der Waals surface area contributed by atoms with Gasteiger partial charge < -0.3 is 5.11 Å². The molecule has 1 aliphatic rings. The predicted molar refractivity (Wildman–Crippen MR) is 47.4 cm³/mol. The van der Waals surface area contributed by atoms with Crippen molar-refractivity contribution in [3.8, 4) is 0 Å². The van der Waals surface area contributed by atoms with Crippen LogP contribution in [0.2, 0.25) is 0 Å². The molecule has 1 heterocycles. The zero-order valence-corrected chi connectivity index (χ0v) is 7.23. The van der Waals surface area contributed by atoms with Gasteiger partial charge in [-0.3, -0.25) is 9.78 Å². The molecule has 0 amide bonds. The third-order valence-corrected chi connectivity index (χ3v) is 2.34. The first-order valence-electron chi connectivity index (χ1n) is 4.45. The van der Waals surface area contributed by atoms with Gasteiger partial charge in [0.05, 0.1) is 11.8 Å². The summed E-state index contributed by atoms with van der Waals surface area (Å²) < 4.78 is 0. The first-order chi connectivity index (χ1) is 6.29. The molecule has 0 aromatic carbocycles. The first-order valence-corrected chi connectivity index (χ1v) is 4.45. The van der Waals surface area contributed by atoms with Crippen LogP contribution in [0.25, 0.3) is 0 Å². The van der Waals surface area contributed by atoms with E-state index in [-0.39, 0.29) is 5.78 Å². The van der Waals surface area contributed by atoms with E-state index in [1.54, 1.807) is 18.3 Å². The number of rotatable bonds is 0. The third kappa shape index (κ3) is 1.47. The average Bonchev–Trinajstić information content (AvgIpc) is 2.29. The normalized spacial score (nSPS) is 22.2. The van der Waals surface area contributed by atoms with Crippen molar-refractivity contribution >= 4 is 5.78 Å². The Morgan fingerprint density at radius 1 is 1.54 bits per heavy atom. The third-order valence-electron chi connectivity index (χ3n) is 2.34. The van der Waals surface area contributed by atoms with E-state index in [4.69, 9.17) is 0 Å². The Bertz CT molecular complexity index is 335. The van der Waals surface area contributed by atoms with Gasteiger partial charge in [0.15, 0.2) is 5.78 Å². The summed E-state index contributed by atoms with van der Waals surface area (Å²) in [5.74, 6) is 0.0969. The maximum Gasteiger partial charge on any atom is 0.164 e. The zero-order valence-electron chi connectivity index (χ0n) is 7.23. The van der Waals surface area contributed by atoms with Crippen molar-refractivity contribution in [3.05, 3.63) is 29.6 Å². The van der Waals surface area contributed by atoms with Crippen LogP contribution in [0.3, 0.4) is 0 Å². The quantitative estimate of drug-likeness (QED) is 0.611. The number of Topliss-reactive ketones (excluding diaryl/α,β-unsaturated/α-hetero) is 1. The van der Waals surface area contributed by atoms with Crippen molar-refractivity contribution in [2.24, 2.45) is 0 Å². The summed E-state index contributed by atoms with van der Waals surface area (Å²) in [6.45, 7) is 0. The van der Waals surface area contributed by atoms with Crippen LogP contribution in [0.1, 0.15) is 41.4 Å². The van der Waals surface area contributed by atoms with Crippen molar-refractivity contribution < 1.29 is 9.90 Å². The Labute approximate surface area is 76.4 Å². The van der Waals surface area contributed by atoms with Gasteiger partial charge in [0.25, 0.3) is 0 Å². The highest BCUT2D eigenvalue weighted by Gasteiger charge is 2.21. The second kappa shape index (κ2) is 3.26. The van der Waals surface area contributed by atoms with Gasteiger partial charge in [-0.2, -0.15) is 0 Å². The molecule has 1 aliphatic carbocycles. The Morgan fingerprint density at radius 2 is 2.38 bits per heavy atom. The number of aliphatic hydroxyl groups excluding tert-OH is 1. The first kappa shape index (κ1) is 8.38. The number of carbonyl (C=O) groups excluding carboxylic acids is 1. The summed E-state index contributed by atoms with van der Waals surface area (Å²) >= 11 is 0. The second-order valence-corrected chi connectivity index (χ2v) is 3.27. The maximum absolute atomic E-state index is 11.5. The lowest BCUT2D eigenvalue weighted by atomic mass is 10.1. The molecular weight excluding hydrogens is 166 g/mol. The van der Waals surface area contributed by atoms with Crippen molar-refractivity contribution in [3.63, 3.8) is 0 Å². The van der Waals surface area contributed by atoms with Gasteiger partial charge in [-0.25, -0.2) is 0 Å². The van der Waals surface area contributed by atoms with Crippen LogP contribution in [0.4, 0.5) is 0 Å². The summed E-state index contributed by atoms with van der Waals surface area (Å²) in [7, 11) is 0. The lowest BCUT2D eigenvalue weighted by Gasteiger charge is -2.07. The number of hydrogen-bond donors (Lipinski definition) is 1. The Morgan fingerprint density at radius 3 is 3.23 bits per heavy atom. The summed E-state index contributed by atoms with van der Waals surface area (Å²) in [5, 5.41) is 9.64. The standard InChI is InChI=1S/C10H11NO2/c12-8-4-1-5-9(13)10-7(8)3-2-6-11-10/h2-3,6,9,13H,1,4-5H2/t9-/m0/s1. The van der Waals surface area contributed by atoms with Crippen molar-refractivity contribution in [2.75, 3.05) is 0 Å². The molecule has 0 saturated carbocycles. The van der Waals surface area contributed by atoms with E-state index in [0.29, 0.717) is 24.1 Å². The molecule has 13 heavy (non-hydrogen) atoms. The van der Waals surface area contributed by atoms with E-state index < -0.39 is 6.10 Å². The Balaban J connectivity index is 2.51. The van der Waals surface area contributed by atoms with E-state index in [9.17, 15) is 9.90 Å². The van der Waals surface area contributed by atoms with E-state index in [0.717, 1.165) is 6.42 Å². The van der Waals surface area contributed by atoms with Crippen LogP contribution in [0, 0.1) is 0 Å². The zero-order chi connectivity index (χ0) is 9.26. The van der Waals surface area contributed by atoms with Crippen LogP contribution >= 0.6 is 0 Å². The molecule has 3 nitrogen and oxygen atoms in total. The number of carbonyl (C=O) groups is 1. The molecule has 1 aromatic heterocycles. The molecule has 0 unspecified atom stereocenters. The topological polar surface area (TPSA) is 50.2 Å². The number of aromatic nitrogens is 1. The van der Waals surface area contributed by atoms with Gasteiger partial charge in [-0.15, -0.1) is 0 Å². The van der Waals surface area contributed by atoms with Crippen LogP contribution in [-0.2, 0) is 0 Å². The lowest BCUT2D eigenvalue weighted by molar-refractivity contribution is 0.0981. The minimum absolute atomic E-state index is 0.0969. The van der Waals surface area contributed by atoms with E-state index >= 15 is 0 Å². The highest BCUT2D eigenvalue weighted by molar-refractivity contribution is 5.97. The summed E-state index contributed by atoms with van der Waals surface area (Å²) in [4.78, 5) is 15.5. The number of hydrogen-bond acceptors (Lipinski definition) is 3.